The predicted molar refractivity (Wildman–Crippen MR) is 172 cm³/mol. The smallest absolute Gasteiger partial charge is 0.201 e. The van der Waals surface area contributed by atoms with E-state index < -0.39 is 38.7 Å². The van der Waals surface area contributed by atoms with Gasteiger partial charge in [-0.3, -0.25) is 0 Å². The molecular formula is C35H38O7S2. The standard InChI is InChI=1S/C35H38O7S2/c1-44(36,37)43-35-34(41-25-30-20-12-5-13-21-30)33(40-24-29-18-10-4-11-19-29)32(39-23-28-16-8-3-9-17-28)31(42-35)26-38-22-27-14-6-2-7-15-27/h2-21,31-35H,22-26H2,1H3/t31-,32+,33+,34-,35?/m1/s1. The molecule has 7 nitrogen and oxygen atoms in total. The van der Waals surface area contributed by atoms with Crippen molar-refractivity contribution in [1.29, 1.82) is 0 Å². The van der Waals surface area contributed by atoms with Gasteiger partial charge in [0.05, 0.1) is 33.0 Å². The Labute approximate surface area is 263 Å². The number of rotatable bonds is 15. The van der Waals surface area contributed by atoms with E-state index in [9.17, 15) is 8.42 Å². The fraction of sp³-hybridized carbons (Fsp3) is 0.314. The Hall–Kier alpha value is -3.02. The second-order valence-electron chi connectivity index (χ2n) is 10.6. The van der Waals surface area contributed by atoms with E-state index in [1.165, 1.54) is 6.26 Å². The number of ether oxygens (including phenoxy) is 5. The first-order valence-electron chi connectivity index (χ1n) is 14.6. The van der Waals surface area contributed by atoms with Crippen LogP contribution in [-0.2, 0) is 59.0 Å². The number of hydrogen-bond acceptors (Lipinski definition) is 8. The van der Waals surface area contributed by atoms with Crippen LogP contribution in [0.25, 0.3) is 0 Å². The van der Waals surface area contributed by atoms with Crippen LogP contribution in [0, 0.1) is 0 Å². The first-order chi connectivity index (χ1) is 21.4. The highest BCUT2D eigenvalue weighted by molar-refractivity contribution is 8.72. The molecule has 1 aliphatic rings. The van der Waals surface area contributed by atoms with Gasteiger partial charge in [0.1, 0.15) is 29.9 Å². The van der Waals surface area contributed by atoms with E-state index in [4.69, 9.17) is 23.7 Å². The lowest BCUT2D eigenvalue weighted by atomic mass is 9.98. The average Bonchev–Trinajstić information content (AvgIpc) is 3.04. The average molecular weight is 635 g/mol. The van der Waals surface area contributed by atoms with Crippen LogP contribution in [0.15, 0.2) is 121 Å². The zero-order valence-corrected chi connectivity index (χ0v) is 26.3. The molecule has 1 aliphatic heterocycles. The minimum absolute atomic E-state index is 0.172. The van der Waals surface area contributed by atoms with Gasteiger partial charge >= 0.3 is 0 Å². The Kier molecular flexibility index (Phi) is 12.0. The monoisotopic (exact) mass is 634 g/mol. The van der Waals surface area contributed by atoms with Crippen LogP contribution in [0.5, 0.6) is 0 Å². The fourth-order valence-electron chi connectivity index (χ4n) is 5.00. The predicted octanol–water partition coefficient (Wildman–Crippen LogP) is 6.38. The van der Waals surface area contributed by atoms with E-state index >= 15 is 0 Å². The molecule has 5 atom stereocenters. The van der Waals surface area contributed by atoms with Crippen LogP contribution >= 0.6 is 10.8 Å². The summed E-state index contributed by atoms with van der Waals surface area (Å²) in [6.07, 6.45) is -1.50. The van der Waals surface area contributed by atoms with Gasteiger partial charge in [-0.05, 0) is 22.3 Å². The third kappa shape index (κ3) is 10.0. The molecule has 4 aromatic rings. The summed E-state index contributed by atoms with van der Waals surface area (Å²) in [5.41, 5.74) is 3.07. The first kappa shape index (κ1) is 32.4. The molecule has 1 saturated heterocycles. The molecular weight excluding hydrogens is 597 g/mol. The molecule has 0 spiro atoms. The van der Waals surface area contributed by atoms with Gasteiger partial charge in [-0.2, -0.15) is 0 Å². The van der Waals surface area contributed by atoms with E-state index in [-0.39, 0.29) is 19.8 Å². The zero-order chi connectivity index (χ0) is 30.6. The van der Waals surface area contributed by atoms with Crippen molar-refractivity contribution in [2.24, 2.45) is 0 Å². The summed E-state index contributed by atoms with van der Waals surface area (Å²) in [5, 5.41) is 0. The molecule has 1 unspecified atom stereocenters. The van der Waals surface area contributed by atoms with Gasteiger partial charge in [-0.15, -0.1) is 0 Å². The van der Waals surface area contributed by atoms with Crippen molar-refractivity contribution in [3.8, 4) is 0 Å². The van der Waals surface area contributed by atoms with E-state index in [0.29, 0.717) is 13.2 Å². The third-order valence-electron chi connectivity index (χ3n) is 7.11. The summed E-state index contributed by atoms with van der Waals surface area (Å²) in [5.74, 6) is 0. The van der Waals surface area contributed by atoms with Crippen LogP contribution in [-0.4, -0.2) is 51.1 Å². The molecule has 0 saturated carbocycles. The van der Waals surface area contributed by atoms with Gasteiger partial charge in [0.15, 0.2) is 0 Å². The maximum Gasteiger partial charge on any atom is 0.201 e. The Morgan fingerprint density at radius 1 is 0.568 bits per heavy atom. The third-order valence-corrected chi connectivity index (χ3v) is 9.65. The molecule has 0 N–H and O–H groups in total. The van der Waals surface area contributed by atoms with Crippen molar-refractivity contribution in [2.45, 2.75) is 56.3 Å². The molecule has 44 heavy (non-hydrogen) atoms. The van der Waals surface area contributed by atoms with Crippen molar-refractivity contribution in [3.05, 3.63) is 144 Å². The zero-order valence-electron chi connectivity index (χ0n) is 24.6. The summed E-state index contributed by atoms with van der Waals surface area (Å²) in [7, 11) is -2.78. The summed E-state index contributed by atoms with van der Waals surface area (Å²) >= 11 is 0. The SMILES string of the molecule is CS(=O)(=O)SC1O[C@H](COCc2ccccc2)[C@H](OCc2ccccc2)[C@H](OCc2ccccc2)[C@H]1OCc1ccccc1. The Morgan fingerprint density at radius 2 is 0.955 bits per heavy atom. The second-order valence-corrected chi connectivity index (χ2v) is 15.1. The highest BCUT2D eigenvalue weighted by Gasteiger charge is 2.49. The van der Waals surface area contributed by atoms with Crippen LogP contribution in [0.2, 0.25) is 0 Å². The lowest BCUT2D eigenvalue weighted by Crippen LogP contribution is -2.60. The lowest BCUT2D eigenvalue weighted by molar-refractivity contribution is -0.254. The van der Waals surface area contributed by atoms with Gasteiger partial charge in [0, 0.05) is 17.0 Å². The van der Waals surface area contributed by atoms with E-state index in [2.05, 4.69) is 0 Å². The Bertz CT molecular complexity index is 1490. The summed E-state index contributed by atoms with van der Waals surface area (Å²) in [6, 6.07) is 39.3. The molecule has 232 valence electrons. The van der Waals surface area contributed by atoms with E-state index in [1.807, 2.05) is 121 Å². The maximum absolute atomic E-state index is 12.6. The Morgan fingerprint density at radius 3 is 1.39 bits per heavy atom. The topological polar surface area (TPSA) is 80.3 Å². The molecule has 5 rings (SSSR count). The van der Waals surface area contributed by atoms with Crippen LogP contribution < -0.4 is 0 Å². The maximum atomic E-state index is 12.6. The van der Waals surface area contributed by atoms with Gasteiger partial charge < -0.3 is 23.7 Å². The summed E-state index contributed by atoms with van der Waals surface area (Å²) in [6.45, 7) is 1.40. The molecule has 0 bridgehead atoms. The van der Waals surface area contributed by atoms with E-state index in [1.54, 1.807) is 0 Å². The van der Waals surface area contributed by atoms with Crippen molar-refractivity contribution >= 4 is 19.7 Å². The highest BCUT2D eigenvalue weighted by Crippen LogP contribution is 2.37. The van der Waals surface area contributed by atoms with Crippen LogP contribution in [0.3, 0.4) is 0 Å². The van der Waals surface area contributed by atoms with Crippen molar-refractivity contribution in [2.75, 3.05) is 12.9 Å². The fourth-order valence-corrected chi connectivity index (χ4v) is 7.37. The summed E-state index contributed by atoms with van der Waals surface area (Å²) < 4.78 is 57.6. The molecule has 9 heteroatoms. The highest BCUT2D eigenvalue weighted by atomic mass is 33.1. The molecule has 0 amide bonds. The molecule has 0 aromatic heterocycles. The lowest BCUT2D eigenvalue weighted by Gasteiger charge is -2.45. The van der Waals surface area contributed by atoms with Crippen LogP contribution in [0.1, 0.15) is 22.3 Å². The van der Waals surface area contributed by atoms with Gasteiger partial charge in [-0.1, -0.05) is 121 Å². The van der Waals surface area contributed by atoms with E-state index in [0.717, 1.165) is 33.0 Å². The van der Waals surface area contributed by atoms with Crippen LogP contribution in [0.4, 0.5) is 0 Å². The Balaban J connectivity index is 1.45. The second kappa shape index (κ2) is 16.3. The molecule has 0 aliphatic carbocycles. The van der Waals surface area contributed by atoms with Crippen molar-refractivity contribution in [3.63, 3.8) is 0 Å². The summed E-state index contributed by atoms with van der Waals surface area (Å²) in [4.78, 5) is 0. The van der Waals surface area contributed by atoms with Gasteiger partial charge in [-0.25, -0.2) is 8.42 Å². The first-order valence-corrected chi connectivity index (χ1v) is 17.9. The molecule has 1 fully saturated rings. The minimum Gasteiger partial charge on any atom is -0.374 e. The molecule has 1 heterocycles. The normalized spacial score (nSPS) is 22.1. The van der Waals surface area contributed by atoms with Gasteiger partial charge in [0.2, 0.25) is 8.87 Å². The molecule has 4 aromatic carbocycles. The van der Waals surface area contributed by atoms with Gasteiger partial charge in [0.25, 0.3) is 0 Å². The van der Waals surface area contributed by atoms with Crippen molar-refractivity contribution < 1.29 is 32.1 Å². The number of benzene rings is 4. The van der Waals surface area contributed by atoms with Crippen molar-refractivity contribution in [1.82, 2.24) is 0 Å². The molecule has 0 radical (unpaired) electrons. The number of hydrogen-bond donors (Lipinski definition) is 0. The quantitative estimate of drug-likeness (QED) is 0.140. The largest absolute Gasteiger partial charge is 0.374 e. The minimum atomic E-state index is -3.52.